The molecule has 0 saturated heterocycles. The zero-order valence-corrected chi connectivity index (χ0v) is 12.9. The highest BCUT2D eigenvalue weighted by Gasteiger charge is 2.48. The van der Waals surface area contributed by atoms with Crippen LogP contribution in [0.25, 0.3) is 0 Å². The molecule has 2 rings (SSSR count). The first-order chi connectivity index (χ1) is 9.99. The van der Waals surface area contributed by atoms with Crippen LogP contribution in [-0.4, -0.2) is 41.3 Å². The molecule has 1 fully saturated rings. The molecule has 1 aromatic rings. The number of nitrogens with zero attached hydrogens (tertiary/aromatic N) is 2. The molecule has 1 N–H and O–H groups in total. The van der Waals surface area contributed by atoms with E-state index in [-0.39, 0.29) is 29.7 Å². The first kappa shape index (κ1) is 15.5. The average Bonchev–Trinajstić information content (AvgIpc) is 3.25. The Morgan fingerprint density at radius 1 is 1.33 bits per heavy atom. The number of amides is 2. The van der Waals surface area contributed by atoms with Gasteiger partial charge in [-0.1, -0.05) is 0 Å². The maximum atomic E-state index is 12.3. The minimum absolute atomic E-state index is 0.00545. The SMILES string of the molecule is CC(C)NC(=O)C1CC1C(=O)N(C)CCc1ccncc1. The summed E-state index contributed by atoms with van der Waals surface area (Å²) in [5.41, 5.74) is 1.16. The number of likely N-dealkylation sites (N-methyl/N-ethyl adjacent to an activating group) is 1. The zero-order chi connectivity index (χ0) is 15.4. The number of pyridine rings is 1. The Balaban J connectivity index is 1.78. The van der Waals surface area contributed by atoms with Crippen LogP contribution in [0.3, 0.4) is 0 Å². The fourth-order valence-corrected chi connectivity index (χ4v) is 2.39. The van der Waals surface area contributed by atoms with Crippen molar-refractivity contribution in [3.05, 3.63) is 30.1 Å². The summed E-state index contributed by atoms with van der Waals surface area (Å²) in [4.78, 5) is 29.8. The highest BCUT2D eigenvalue weighted by atomic mass is 16.2. The number of aromatic nitrogens is 1. The highest BCUT2D eigenvalue weighted by molar-refractivity contribution is 5.92. The normalized spacial score (nSPS) is 20.2. The van der Waals surface area contributed by atoms with E-state index >= 15 is 0 Å². The van der Waals surface area contributed by atoms with Crippen molar-refractivity contribution in [2.45, 2.75) is 32.7 Å². The molecule has 0 bridgehead atoms. The summed E-state index contributed by atoms with van der Waals surface area (Å²) >= 11 is 0. The van der Waals surface area contributed by atoms with Crippen LogP contribution >= 0.6 is 0 Å². The highest BCUT2D eigenvalue weighted by Crippen LogP contribution is 2.40. The summed E-state index contributed by atoms with van der Waals surface area (Å²) in [5.74, 6) is -0.187. The van der Waals surface area contributed by atoms with Gasteiger partial charge in [0.15, 0.2) is 0 Å². The molecule has 2 atom stereocenters. The van der Waals surface area contributed by atoms with Crippen LogP contribution in [0.1, 0.15) is 25.8 Å². The third-order valence-electron chi connectivity index (χ3n) is 3.74. The van der Waals surface area contributed by atoms with Gasteiger partial charge in [0.25, 0.3) is 0 Å². The van der Waals surface area contributed by atoms with Crippen LogP contribution in [-0.2, 0) is 16.0 Å². The molecule has 5 heteroatoms. The van der Waals surface area contributed by atoms with Crippen LogP contribution in [0.15, 0.2) is 24.5 Å². The summed E-state index contributed by atoms with van der Waals surface area (Å²) in [6.45, 7) is 4.52. The molecular weight excluding hydrogens is 266 g/mol. The van der Waals surface area contributed by atoms with Gasteiger partial charge >= 0.3 is 0 Å². The minimum Gasteiger partial charge on any atom is -0.354 e. The van der Waals surface area contributed by atoms with Crippen molar-refractivity contribution in [1.82, 2.24) is 15.2 Å². The molecule has 0 aliphatic heterocycles. The lowest BCUT2D eigenvalue weighted by molar-refractivity contribution is -0.133. The van der Waals surface area contributed by atoms with Gasteiger partial charge in [0.05, 0.1) is 11.8 Å². The molecule has 0 spiro atoms. The van der Waals surface area contributed by atoms with E-state index in [9.17, 15) is 9.59 Å². The van der Waals surface area contributed by atoms with E-state index in [1.807, 2.05) is 26.0 Å². The predicted molar refractivity (Wildman–Crippen MR) is 80.5 cm³/mol. The lowest BCUT2D eigenvalue weighted by Crippen LogP contribution is -2.35. The lowest BCUT2D eigenvalue weighted by atomic mass is 10.2. The summed E-state index contributed by atoms with van der Waals surface area (Å²) in [5, 5.41) is 2.87. The Morgan fingerprint density at radius 3 is 2.62 bits per heavy atom. The number of carbonyl (C=O) groups is 2. The van der Waals surface area contributed by atoms with E-state index in [0.29, 0.717) is 13.0 Å². The van der Waals surface area contributed by atoms with Gasteiger partial charge in [0, 0.05) is 32.0 Å². The van der Waals surface area contributed by atoms with Crippen molar-refractivity contribution in [2.24, 2.45) is 11.8 Å². The second-order valence-electron chi connectivity index (χ2n) is 5.98. The Kier molecular flexibility index (Phi) is 4.94. The standard InChI is InChI=1S/C16H23N3O2/c1-11(2)18-15(20)13-10-14(13)16(21)19(3)9-6-12-4-7-17-8-5-12/h4-5,7-8,11,13-14H,6,9-10H2,1-3H3,(H,18,20). The van der Waals surface area contributed by atoms with Crippen LogP contribution in [0.4, 0.5) is 0 Å². The fourth-order valence-electron chi connectivity index (χ4n) is 2.39. The molecule has 1 aliphatic rings. The number of carbonyl (C=O) groups excluding carboxylic acids is 2. The van der Waals surface area contributed by atoms with Crippen LogP contribution < -0.4 is 5.32 Å². The Morgan fingerprint density at radius 2 is 2.00 bits per heavy atom. The van der Waals surface area contributed by atoms with Crippen molar-refractivity contribution >= 4 is 11.8 Å². The lowest BCUT2D eigenvalue weighted by Gasteiger charge is -2.17. The largest absolute Gasteiger partial charge is 0.354 e. The second kappa shape index (κ2) is 6.70. The van der Waals surface area contributed by atoms with E-state index in [2.05, 4.69) is 10.3 Å². The average molecular weight is 289 g/mol. The van der Waals surface area contributed by atoms with Gasteiger partial charge in [-0.3, -0.25) is 14.6 Å². The van der Waals surface area contributed by atoms with Gasteiger partial charge in [0.2, 0.25) is 11.8 Å². The number of nitrogens with one attached hydrogen (secondary N) is 1. The van der Waals surface area contributed by atoms with E-state index in [1.54, 1.807) is 24.3 Å². The van der Waals surface area contributed by atoms with Crippen molar-refractivity contribution < 1.29 is 9.59 Å². The smallest absolute Gasteiger partial charge is 0.226 e. The molecule has 2 amide bonds. The molecule has 0 aromatic carbocycles. The summed E-state index contributed by atoms with van der Waals surface area (Å²) < 4.78 is 0. The minimum atomic E-state index is -0.136. The molecule has 114 valence electrons. The molecule has 1 saturated carbocycles. The molecule has 2 unspecified atom stereocenters. The van der Waals surface area contributed by atoms with Gasteiger partial charge in [-0.2, -0.15) is 0 Å². The maximum Gasteiger partial charge on any atom is 0.226 e. The first-order valence-electron chi connectivity index (χ1n) is 7.43. The first-order valence-corrected chi connectivity index (χ1v) is 7.43. The quantitative estimate of drug-likeness (QED) is 0.857. The molecular formula is C16H23N3O2. The van der Waals surface area contributed by atoms with E-state index in [1.165, 1.54) is 0 Å². The number of rotatable bonds is 6. The van der Waals surface area contributed by atoms with Crippen molar-refractivity contribution in [3.8, 4) is 0 Å². The zero-order valence-electron chi connectivity index (χ0n) is 12.9. The third kappa shape index (κ3) is 4.28. The summed E-state index contributed by atoms with van der Waals surface area (Å²) in [6.07, 6.45) is 4.99. The van der Waals surface area contributed by atoms with Crippen molar-refractivity contribution in [1.29, 1.82) is 0 Å². The third-order valence-corrected chi connectivity index (χ3v) is 3.74. The van der Waals surface area contributed by atoms with Gasteiger partial charge in [-0.15, -0.1) is 0 Å². The monoisotopic (exact) mass is 289 g/mol. The molecule has 5 nitrogen and oxygen atoms in total. The second-order valence-corrected chi connectivity index (χ2v) is 5.98. The van der Waals surface area contributed by atoms with Crippen LogP contribution in [0.2, 0.25) is 0 Å². The van der Waals surface area contributed by atoms with Crippen LogP contribution in [0.5, 0.6) is 0 Å². The molecule has 1 aliphatic carbocycles. The predicted octanol–water partition coefficient (Wildman–Crippen LogP) is 1.24. The number of hydrogen-bond donors (Lipinski definition) is 1. The van der Waals surface area contributed by atoms with Crippen molar-refractivity contribution in [2.75, 3.05) is 13.6 Å². The summed E-state index contributed by atoms with van der Waals surface area (Å²) in [6, 6.07) is 4.03. The molecule has 0 radical (unpaired) electrons. The fraction of sp³-hybridized carbons (Fsp3) is 0.562. The van der Waals surface area contributed by atoms with E-state index in [0.717, 1.165) is 12.0 Å². The Bertz CT molecular complexity index is 502. The van der Waals surface area contributed by atoms with Gasteiger partial charge in [-0.25, -0.2) is 0 Å². The molecule has 21 heavy (non-hydrogen) atoms. The maximum absolute atomic E-state index is 12.3. The van der Waals surface area contributed by atoms with Crippen molar-refractivity contribution in [3.63, 3.8) is 0 Å². The van der Waals surface area contributed by atoms with E-state index in [4.69, 9.17) is 0 Å². The Labute approximate surface area is 125 Å². The van der Waals surface area contributed by atoms with Gasteiger partial charge < -0.3 is 10.2 Å². The van der Waals surface area contributed by atoms with Crippen LogP contribution in [0, 0.1) is 11.8 Å². The molecule has 1 heterocycles. The topological polar surface area (TPSA) is 62.3 Å². The Hall–Kier alpha value is -1.91. The van der Waals surface area contributed by atoms with Gasteiger partial charge in [0.1, 0.15) is 0 Å². The van der Waals surface area contributed by atoms with Gasteiger partial charge in [-0.05, 0) is 44.4 Å². The van der Waals surface area contributed by atoms with E-state index < -0.39 is 0 Å². The molecule has 1 aromatic heterocycles. The number of hydrogen-bond acceptors (Lipinski definition) is 3. The summed E-state index contributed by atoms with van der Waals surface area (Å²) in [7, 11) is 1.80.